The summed E-state index contributed by atoms with van der Waals surface area (Å²) < 4.78 is 0. The number of nitrogens with zero attached hydrogens (tertiary/aromatic N) is 2. The molecule has 0 aliphatic rings. The van der Waals surface area contributed by atoms with Crippen molar-refractivity contribution in [2.45, 2.75) is 32.7 Å². The zero-order chi connectivity index (χ0) is 9.52. The minimum atomic E-state index is 0.841. The van der Waals surface area contributed by atoms with Crippen LogP contribution in [0.5, 0.6) is 0 Å². The molecule has 0 fully saturated rings. The Morgan fingerprint density at radius 3 is 2.54 bits per heavy atom. The fraction of sp³-hybridized carbons (Fsp3) is 0.600. The van der Waals surface area contributed by atoms with Crippen LogP contribution in [-0.4, -0.2) is 17.0 Å². The van der Waals surface area contributed by atoms with Crippen LogP contribution in [0.4, 0.5) is 0 Å². The number of rotatable bonds is 5. The number of hydrogen-bond acceptors (Lipinski definition) is 3. The van der Waals surface area contributed by atoms with Gasteiger partial charge in [0.15, 0.2) is 0 Å². The third-order valence-corrected chi connectivity index (χ3v) is 1.89. The predicted octanol–water partition coefficient (Wildman–Crippen LogP) is 1.54. The van der Waals surface area contributed by atoms with Crippen LogP contribution < -0.4 is 5.32 Å². The van der Waals surface area contributed by atoms with E-state index in [1.54, 1.807) is 0 Å². The van der Waals surface area contributed by atoms with Gasteiger partial charge in [-0.15, -0.1) is 0 Å². The van der Waals surface area contributed by atoms with Gasteiger partial charge < -0.3 is 5.32 Å². The van der Waals surface area contributed by atoms with Crippen molar-refractivity contribution in [1.82, 2.24) is 15.3 Å². The first-order chi connectivity index (χ1) is 6.36. The van der Waals surface area contributed by atoms with Crippen molar-refractivity contribution in [3.63, 3.8) is 0 Å². The second-order valence-corrected chi connectivity index (χ2v) is 3.14. The van der Waals surface area contributed by atoms with Crippen molar-refractivity contribution < 1.29 is 0 Å². The maximum absolute atomic E-state index is 4.28. The molecule has 3 nitrogen and oxygen atoms in total. The van der Waals surface area contributed by atoms with Crippen molar-refractivity contribution in [2.24, 2.45) is 0 Å². The molecule has 3 heteroatoms. The van der Waals surface area contributed by atoms with E-state index in [0.29, 0.717) is 0 Å². The van der Waals surface area contributed by atoms with Gasteiger partial charge in [0.1, 0.15) is 5.82 Å². The lowest BCUT2D eigenvalue weighted by atomic mass is 10.2. The number of aromatic nitrogens is 2. The molecule has 0 saturated heterocycles. The molecule has 72 valence electrons. The molecular weight excluding hydrogens is 162 g/mol. The zero-order valence-electron chi connectivity index (χ0n) is 8.38. The maximum atomic E-state index is 4.28. The van der Waals surface area contributed by atoms with Crippen LogP contribution >= 0.6 is 0 Å². The first-order valence-corrected chi connectivity index (χ1v) is 4.81. The summed E-state index contributed by atoms with van der Waals surface area (Å²) in [5, 5.41) is 3.07. The predicted molar refractivity (Wildman–Crippen MR) is 53.4 cm³/mol. The normalized spacial score (nSPS) is 10.3. The third-order valence-electron chi connectivity index (χ3n) is 1.89. The van der Waals surface area contributed by atoms with Gasteiger partial charge in [-0.05, 0) is 13.5 Å². The third kappa shape index (κ3) is 3.51. The van der Waals surface area contributed by atoms with Crippen LogP contribution in [0.25, 0.3) is 0 Å². The Morgan fingerprint density at radius 2 is 2.00 bits per heavy atom. The number of hydrogen-bond donors (Lipinski definition) is 1. The van der Waals surface area contributed by atoms with E-state index in [0.717, 1.165) is 24.4 Å². The summed E-state index contributed by atoms with van der Waals surface area (Å²) in [5.41, 5.74) is 1.14. The van der Waals surface area contributed by atoms with Gasteiger partial charge in [-0.25, -0.2) is 9.97 Å². The van der Waals surface area contributed by atoms with Crippen molar-refractivity contribution in [3.05, 3.63) is 23.8 Å². The smallest absolute Gasteiger partial charge is 0.128 e. The minimum Gasteiger partial charge on any atom is -0.316 e. The van der Waals surface area contributed by atoms with Crippen molar-refractivity contribution in [3.8, 4) is 0 Å². The van der Waals surface area contributed by atoms with Gasteiger partial charge in [0.25, 0.3) is 0 Å². The molecule has 0 aliphatic heterocycles. The second kappa shape index (κ2) is 5.65. The van der Waals surface area contributed by atoms with Crippen LogP contribution in [0.2, 0.25) is 0 Å². The molecule has 0 spiro atoms. The molecule has 1 aromatic heterocycles. The van der Waals surface area contributed by atoms with Gasteiger partial charge in [0.05, 0.1) is 0 Å². The quantitative estimate of drug-likeness (QED) is 0.745. The van der Waals surface area contributed by atoms with E-state index in [-0.39, 0.29) is 0 Å². The van der Waals surface area contributed by atoms with E-state index in [1.165, 1.54) is 12.8 Å². The highest BCUT2D eigenvalue weighted by molar-refractivity contribution is 5.04. The molecule has 0 unspecified atom stereocenters. The summed E-state index contributed by atoms with van der Waals surface area (Å²) in [4.78, 5) is 8.57. The molecule has 0 bridgehead atoms. The summed E-state index contributed by atoms with van der Waals surface area (Å²) in [6.45, 7) is 3.02. The van der Waals surface area contributed by atoms with Crippen molar-refractivity contribution in [1.29, 1.82) is 0 Å². The molecule has 0 aliphatic carbocycles. The molecule has 0 aromatic carbocycles. The van der Waals surface area contributed by atoms with E-state index < -0.39 is 0 Å². The molecule has 0 amide bonds. The highest BCUT2D eigenvalue weighted by Gasteiger charge is 1.96. The Bertz CT molecular complexity index is 230. The Labute approximate surface area is 79.6 Å². The topological polar surface area (TPSA) is 37.8 Å². The molecule has 1 rings (SSSR count). The molecule has 1 heterocycles. The van der Waals surface area contributed by atoms with Gasteiger partial charge in [-0.1, -0.05) is 13.3 Å². The molecule has 1 N–H and O–H groups in total. The minimum absolute atomic E-state index is 0.841. The molecule has 1 aromatic rings. The van der Waals surface area contributed by atoms with Gasteiger partial charge in [-0.2, -0.15) is 0 Å². The Morgan fingerprint density at radius 1 is 1.31 bits per heavy atom. The lowest BCUT2D eigenvalue weighted by Gasteiger charge is -2.00. The van der Waals surface area contributed by atoms with Crippen LogP contribution in [0.15, 0.2) is 12.4 Å². The van der Waals surface area contributed by atoms with E-state index in [9.17, 15) is 0 Å². The van der Waals surface area contributed by atoms with Gasteiger partial charge >= 0.3 is 0 Å². The number of aryl methyl sites for hydroxylation is 1. The van der Waals surface area contributed by atoms with Crippen molar-refractivity contribution >= 4 is 0 Å². The van der Waals surface area contributed by atoms with E-state index in [1.807, 2.05) is 19.4 Å². The Hall–Kier alpha value is -0.960. The van der Waals surface area contributed by atoms with Gasteiger partial charge in [-0.3, -0.25) is 0 Å². The SMILES string of the molecule is CCCCc1ncc(CNC)cn1. The van der Waals surface area contributed by atoms with Crippen LogP contribution in [-0.2, 0) is 13.0 Å². The van der Waals surface area contributed by atoms with E-state index in [2.05, 4.69) is 22.2 Å². The molecule has 13 heavy (non-hydrogen) atoms. The summed E-state index contributed by atoms with van der Waals surface area (Å²) in [6, 6.07) is 0. The average molecular weight is 179 g/mol. The Balaban J connectivity index is 2.48. The fourth-order valence-corrected chi connectivity index (χ4v) is 1.14. The standard InChI is InChI=1S/C10H17N3/c1-3-4-5-10-12-7-9(6-11-2)8-13-10/h7-8,11H,3-6H2,1-2H3. The first kappa shape index (κ1) is 10.1. The van der Waals surface area contributed by atoms with E-state index >= 15 is 0 Å². The van der Waals surface area contributed by atoms with Gasteiger partial charge in [0.2, 0.25) is 0 Å². The lowest BCUT2D eigenvalue weighted by Crippen LogP contribution is -2.06. The van der Waals surface area contributed by atoms with Crippen LogP contribution in [0, 0.1) is 0 Å². The maximum Gasteiger partial charge on any atom is 0.128 e. The van der Waals surface area contributed by atoms with Gasteiger partial charge in [0, 0.05) is 30.9 Å². The first-order valence-electron chi connectivity index (χ1n) is 4.81. The summed E-state index contributed by atoms with van der Waals surface area (Å²) >= 11 is 0. The highest BCUT2D eigenvalue weighted by Crippen LogP contribution is 1.99. The summed E-state index contributed by atoms with van der Waals surface area (Å²) in [5.74, 6) is 0.960. The van der Waals surface area contributed by atoms with Crippen LogP contribution in [0.3, 0.4) is 0 Å². The molecule has 0 saturated carbocycles. The largest absolute Gasteiger partial charge is 0.316 e. The summed E-state index contributed by atoms with van der Waals surface area (Å²) in [6.07, 6.45) is 7.16. The molecule has 0 atom stereocenters. The number of unbranched alkanes of at least 4 members (excludes halogenated alkanes) is 1. The Kier molecular flexibility index (Phi) is 4.40. The van der Waals surface area contributed by atoms with E-state index in [4.69, 9.17) is 0 Å². The van der Waals surface area contributed by atoms with Crippen molar-refractivity contribution in [2.75, 3.05) is 7.05 Å². The molecular formula is C10H17N3. The highest BCUT2D eigenvalue weighted by atomic mass is 14.9. The second-order valence-electron chi connectivity index (χ2n) is 3.14. The number of nitrogens with one attached hydrogen (secondary N) is 1. The molecule has 0 radical (unpaired) electrons. The zero-order valence-corrected chi connectivity index (χ0v) is 8.38. The van der Waals surface area contributed by atoms with Crippen LogP contribution in [0.1, 0.15) is 31.2 Å². The average Bonchev–Trinajstić information content (AvgIpc) is 2.17. The fourth-order valence-electron chi connectivity index (χ4n) is 1.14. The summed E-state index contributed by atoms with van der Waals surface area (Å²) in [7, 11) is 1.92. The lowest BCUT2D eigenvalue weighted by molar-refractivity contribution is 0.740. The monoisotopic (exact) mass is 179 g/mol.